The molecule has 96 valence electrons. The molecule has 3 rings (SSSR count). The van der Waals surface area contributed by atoms with Crippen molar-refractivity contribution in [2.75, 3.05) is 0 Å². The van der Waals surface area contributed by atoms with Crippen LogP contribution in [0.2, 0.25) is 0 Å². The number of aryl methyl sites for hydroxylation is 1. The lowest BCUT2D eigenvalue weighted by atomic mass is 10.2. The molecule has 0 bridgehead atoms. The Morgan fingerprint density at radius 2 is 1.68 bits per heavy atom. The van der Waals surface area contributed by atoms with Gasteiger partial charge in [-0.2, -0.15) is 0 Å². The second kappa shape index (κ2) is 4.43. The van der Waals surface area contributed by atoms with E-state index in [0.29, 0.717) is 9.41 Å². The maximum absolute atomic E-state index is 5.40. The van der Waals surface area contributed by atoms with Gasteiger partial charge in [-0.25, -0.2) is 0 Å². The number of aromatic nitrogens is 3. The van der Waals surface area contributed by atoms with Crippen molar-refractivity contribution in [3.63, 3.8) is 0 Å². The van der Waals surface area contributed by atoms with Crippen molar-refractivity contribution in [1.82, 2.24) is 14.5 Å². The number of H-pyrrole nitrogens is 2. The zero-order valence-electron chi connectivity index (χ0n) is 10.7. The topological polar surface area (TPSA) is 36.5 Å². The molecule has 0 saturated carbocycles. The van der Waals surface area contributed by atoms with Crippen molar-refractivity contribution in [2.45, 2.75) is 13.8 Å². The molecule has 5 heteroatoms. The second-order valence-electron chi connectivity index (χ2n) is 4.51. The fraction of sp³-hybridized carbons (Fsp3) is 0.143. The Morgan fingerprint density at radius 3 is 2.37 bits per heavy atom. The van der Waals surface area contributed by atoms with Crippen LogP contribution in [0.3, 0.4) is 0 Å². The number of para-hydroxylation sites is 1. The maximum atomic E-state index is 5.40. The first-order valence-corrected chi connectivity index (χ1v) is 6.81. The van der Waals surface area contributed by atoms with Crippen molar-refractivity contribution in [2.24, 2.45) is 0 Å². The Balaban J connectivity index is 2.53. The highest BCUT2D eigenvalue weighted by molar-refractivity contribution is 7.72. The average molecular weight is 287 g/mol. The molecule has 19 heavy (non-hydrogen) atoms. The fourth-order valence-corrected chi connectivity index (χ4v) is 3.02. The van der Waals surface area contributed by atoms with E-state index >= 15 is 0 Å². The molecule has 0 amide bonds. The lowest BCUT2D eigenvalue weighted by molar-refractivity contribution is 1.01. The van der Waals surface area contributed by atoms with Crippen LogP contribution >= 0.6 is 24.4 Å². The molecular formula is C14H13N3S2. The quantitative estimate of drug-likeness (QED) is 0.652. The average Bonchev–Trinajstić information content (AvgIpc) is 2.63. The van der Waals surface area contributed by atoms with E-state index in [1.165, 1.54) is 5.56 Å². The Kier molecular flexibility index (Phi) is 2.88. The van der Waals surface area contributed by atoms with Crippen LogP contribution in [0.1, 0.15) is 11.3 Å². The van der Waals surface area contributed by atoms with Crippen LogP contribution in [0, 0.1) is 23.3 Å². The minimum Gasteiger partial charge on any atom is -0.323 e. The third-order valence-electron chi connectivity index (χ3n) is 3.41. The van der Waals surface area contributed by atoms with E-state index in [1.807, 2.05) is 18.2 Å². The first kappa shape index (κ1) is 12.3. The van der Waals surface area contributed by atoms with E-state index in [4.69, 9.17) is 24.4 Å². The highest BCUT2D eigenvalue weighted by Gasteiger charge is 2.14. The third-order valence-corrected chi connectivity index (χ3v) is 3.92. The van der Waals surface area contributed by atoms with Crippen molar-refractivity contribution >= 4 is 35.5 Å². The van der Waals surface area contributed by atoms with Crippen molar-refractivity contribution in [1.29, 1.82) is 0 Å². The van der Waals surface area contributed by atoms with Gasteiger partial charge in [0.25, 0.3) is 0 Å². The summed E-state index contributed by atoms with van der Waals surface area (Å²) in [5.41, 5.74) is 4.39. The molecule has 0 aliphatic heterocycles. The summed E-state index contributed by atoms with van der Waals surface area (Å²) in [6, 6.07) is 10.2. The molecule has 0 fully saturated rings. The van der Waals surface area contributed by atoms with Crippen LogP contribution in [0.4, 0.5) is 0 Å². The van der Waals surface area contributed by atoms with Gasteiger partial charge >= 0.3 is 0 Å². The summed E-state index contributed by atoms with van der Waals surface area (Å²) in [5, 5.41) is 1.03. The van der Waals surface area contributed by atoms with Gasteiger partial charge in [-0.3, -0.25) is 4.57 Å². The second-order valence-corrected chi connectivity index (χ2v) is 5.33. The minimum atomic E-state index is 0.548. The SMILES string of the molecule is Cc1c(C)n(-c2ccccc2)c2[nH]c(=S)[nH]c(=S)c12. The predicted molar refractivity (Wildman–Crippen MR) is 83.1 cm³/mol. The highest BCUT2D eigenvalue weighted by Crippen LogP contribution is 2.27. The molecule has 2 aromatic heterocycles. The van der Waals surface area contributed by atoms with Gasteiger partial charge in [0, 0.05) is 11.4 Å². The summed E-state index contributed by atoms with van der Waals surface area (Å²) >= 11 is 10.6. The van der Waals surface area contributed by atoms with E-state index in [1.54, 1.807) is 0 Å². The number of hydrogen-bond acceptors (Lipinski definition) is 2. The van der Waals surface area contributed by atoms with Gasteiger partial charge in [-0.15, -0.1) is 0 Å². The van der Waals surface area contributed by atoms with Gasteiger partial charge in [0.1, 0.15) is 10.3 Å². The van der Waals surface area contributed by atoms with Crippen LogP contribution in [-0.4, -0.2) is 14.5 Å². The van der Waals surface area contributed by atoms with Gasteiger partial charge in [0.2, 0.25) is 0 Å². The Hall–Kier alpha value is -1.72. The Morgan fingerprint density at radius 1 is 1.00 bits per heavy atom. The van der Waals surface area contributed by atoms with Crippen molar-refractivity contribution in [3.05, 3.63) is 51.0 Å². The van der Waals surface area contributed by atoms with E-state index in [2.05, 4.69) is 40.5 Å². The van der Waals surface area contributed by atoms with Gasteiger partial charge in [0.15, 0.2) is 4.77 Å². The number of fused-ring (bicyclic) bond motifs is 1. The van der Waals surface area contributed by atoms with Crippen molar-refractivity contribution < 1.29 is 0 Å². The normalized spacial score (nSPS) is 11.1. The van der Waals surface area contributed by atoms with Crippen LogP contribution in [0.5, 0.6) is 0 Å². The van der Waals surface area contributed by atoms with E-state index in [9.17, 15) is 0 Å². The monoisotopic (exact) mass is 287 g/mol. The molecule has 0 radical (unpaired) electrons. The van der Waals surface area contributed by atoms with Crippen molar-refractivity contribution in [3.8, 4) is 5.69 Å². The van der Waals surface area contributed by atoms with Crippen LogP contribution in [-0.2, 0) is 0 Å². The van der Waals surface area contributed by atoms with Gasteiger partial charge < -0.3 is 9.97 Å². The minimum absolute atomic E-state index is 0.548. The molecule has 0 unspecified atom stereocenters. The number of benzene rings is 1. The van der Waals surface area contributed by atoms with Gasteiger partial charge in [0.05, 0.1) is 5.39 Å². The summed E-state index contributed by atoms with van der Waals surface area (Å²) in [7, 11) is 0. The van der Waals surface area contributed by atoms with E-state index in [0.717, 1.165) is 22.4 Å². The van der Waals surface area contributed by atoms with E-state index < -0.39 is 0 Å². The van der Waals surface area contributed by atoms with Gasteiger partial charge in [-0.1, -0.05) is 30.4 Å². The number of nitrogens with one attached hydrogen (secondary N) is 2. The lowest BCUT2D eigenvalue weighted by Gasteiger charge is -2.07. The number of aromatic amines is 2. The molecule has 0 spiro atoms. The number of rotatable bonds is 1. The van der Waals surface area contributed by atoms with E-state index in [-0.39, 0.29) is 0 Å². The Bertz CT molecular complexity index is 869. The largest absolute Gasteiger partial charge is 0.323 e. The maximum Gasteiger partial charge on any atom is 0.177 e. The third kappa shape index (κ3) is 1.86. The zero-order valence-corrected chi connectivity index (χ0v) is 12.3. The van der Waals surface area contributed by atoms with Crippen LogP contribution in [0.25, 0.3) is 16.7 Å². The fourth-order valence-electron chi connectivity index (χ4n) is 2.41. The summed E-state index contributed by atoms with van der Waals surface area (Å²) in [6.07, 6.45) is 0. The summed E-state index contributed by atoms with van der Waals surface area (Å²) in [4.78, 5) is 6.22. The zero-order chi connectivity index (χ0) is 13.6. The highest BCUT2D eigenvalue weighted by atomic mass is 32.1. The molecule has 0 aliphatic carbocycles. The molecule has 0 saturated heterocycles. The first-order valence-electron chi connectivity index (χ1n) is 5.99. The van der Waals surface area contributed by atoms with Crippen LogP contribution in [0.15, 0.2) is 30.3 Å². The standard InChI is InChI=1S/C14H13N3S2/c1-8-9(2)17(10-6-4-3-5-7-10)12-11(8)13(18)16-14(19)15-12/h3-7H,1-2H3,(H2,15,16,18,19). The summed E-state index contributed by atoms with van der Waals surface area (Å²) < 4.78 is 3.39. The molecule has 2 N–H and O–H groups in total. The molecular weight excluding hydrogens is 274 g/mol. The Labute approximate surface area is 120 Å². The molecule has 2 heterocycles. The molecule has 3 aromatic rings. The first-order chi connectivity index (χ1) is 9.09. The smallest absolute Gasteiger partial charge is 0.177 e. The molecule has 0 aliphatic rings. The molecule has 0 atom stereocenters. The summed E-state index contributed by atoms with van der Waals surface area (Å²) in [5.74, 6) is 0. The lowest BCUT2D eigenvalue weighted by Crippen LogP contribution is -1.98. The molecule has 3 nitrogen and oxygen atoms in total. The molecule has 1 aromatic carbocycles. The number of nitrogens with zero attached hydrogens (tertiary/aromatic N) is 1. The van der Waals surface area contributed by atoms with Gasteiger partial charge in [-0.05, 0) is 43.8 Å². The summed E-state index contributed by atoms with van der Waals surface area (Å²) in [6.45, 7) is 4.17. The number of hydrogen-bond donors (Lipinski definition) is 2. The predicted octanol–water partition coefficient (Wildman–Crippen LogP) is 4.36. The van der Waals surface area contributed by atoms with Crippen LogP contribution < -0.4 is 0 Å².